The van der Waals surface area contributed by atoms with Gasteiger partial charge in [-0.1, -0.05) is 27.7 Å². The molecule has 13 nitrogen and oxygen atoms in total. The summed E-state index contributed by atoms with van der Waals surface area (Å²) in [5.74, 6) is 4.34. The Kier molecular flexibility index (Phi) is 17.0. The Hall–Kier alpha value is -2.48. The highest BCUT2D eigenvalue weighted by atomic mass is 16.6. The van der Waals surface area contributed by atoms with Gasteiger partial charge < -0.3 is 34.0 Å². The predicted molar refractivity (Wildman–Crippen MR) is 235 cm³/mol. The number of nitrogens with zero attached hydrogens (tertiary/aromatic N) is 7. The summed E-state index contributed by atoms with van der Waals surface area (Å²) in [5, 5.41) is 0. The van der Waals surface area contributed by atoms with Crippen LogP contribution in [0, 0.1) is 40.9 Å². The van der Waals surface area contributed by atoms with Crippen LogP contribution >= 0.6 is 0 Å². The Balaban J connectivity index is 0.000000477. The van der Waals surface area contributed by atoms with Crippen LogP contribution in [0.25, 0.3) is 0 Å². The van der Waals surface area contributed by atoms with E-state index in [4.69, 9.17) is 9.47 Å². The maximum Gasteiger partial charge on any atom is 0.410 e. The van der Waals surface area contributed by atoms with Crippen molar-refractivity contribution in [3.8, 4) is 0 Å². The topological polar surface area (TPSA) is 109 Å². The molecule has 0 aliphatic carbocycles. The van der Waals surface area contributed by atoms with Gasteiger partial charge >= 0.3 is 6.09 Å². The predicted octanol–water partition coefficient (Wildman–Crippen LogP) is 4.98. The number of carbonyl (C=O) groups excluding carboxylic acids is 4. The molecule has 2 atom stereocenters. The molecular weight excluding hydrogens is 759 g/mol. The van der Waals surface area contributed by atoms with Gasteiger partial charge in [0.1, 0.15) is 6.61 Å². The summed E-state index contributed by atoms with van der Waals surface area (Å²) >= 11 is 0. The summed E-state index contributed by atoms with van der Waals surface area (Å²) in [6.07, 6.45) is 11.7. The molecule has 0 radical (unpaired) electrons. The second-order valence-electron chi connectivity index (χ2n) is 20.8. The average Bonchev–Trinajstić information content (AvgIpc) is 3.24. The second-order valence-corrected chi connectivity index (χ2v) is 20.8. The maximum atomic E-state index is 12.9. The summed E-state index contributed by atoms with van der Waals surface area (Å²) in [7, 11) is 1.59. The molecule has 2 unspecified atom stereocenters. The molecule has 0 saturated carbocycles. The first-order valence-electron chi connectivity index (χ1n) is 24.2. The number of piperidine rings is 5. The number of hydrogen-bond donors (Lipinski definition) is 0. The molecule has 7 aliphatic rings. The lowest BCUT2D eigenvalue weighted by atomic mass is 9.71. The zero-order valence-electron chi connectivity index (χ0n) is 38.7. The smallest absolute Gasteiger partial charge is 0.410 e. The fraction of sp³-hybridized carbons (Fsp3) is 0.915. The molecule has 7 heterocycles. The zero-order valence-corrected chi connectivity index (χ0v) is 38.7. The first-order valence-corrected chi connectivity index (χ1v) is 24.2. The highest BCUT2D eigenvalue weighted by molar-refractivity contribution is 5.80. The standard InChI is InChI=1S/C38H66N6O5.C9H17NO/c1-28(2)43-24-38(25-43)26-44(27-38)34-12-20-41(21-13-34)36(46)23-49-37(47)42-16-8-32(9-17-42)30(4)29(3)31-6-14-39(15-7-31)33-10-18-40(19-11-33)35(45)22-48-5;1-8(2)9-3-5-10(7-11)6-4-9/h28-34H,6-27H2,1-5H3;7-9H,3-6H2,1-2H3. The van der Waals surface area contributed by atoms with E-state index in [-0.39, 0.29) is 31.1 Å². The van der Waals surface area contributed by atoms with Gasteiger partial charge in [0.15, 0.2) is 6.61 Å². The molecule has 60 heavy (non-hydrogen) atoms. The van der Waals surface area contributed by atoms with Crippen LogP contribution in [0.5, 0.6) is 0 Å². The average molecular weight is 842 g/mol. The van der Waals surface area contributed by atoms with Crippen molar-refractivity contribution in [1.29, 1.82) is 0 Å². The number of likely N-dealkylation sites (tertiary alicyclic amines) is 7. The van der Waals surface area contributed by atoms with Gasteiger partial charge in [0.05, 0.1) is 0 Å². The van der Waals surface area contributed by atoms with Crippen LogP contribution in [0.15, 0.2) is 0 Å². The fourth-order valence-corrected chi connectivity index (χ4v) is 11.9. The molecule has 13 heteroatoms. The molecule has 1 spiro atoms. The molecule has 342 valence electrons. The third-order valence-corrected chi connectivity index (χ3v) is 16.5. The molecule has 0 aromatic carbocycles. The van der Waals surface area contributed by atoms with Gasteiger partial charge in [-0.05, 0) is 127 Å². The van der Waals surface area contributed by atoms with Crippen LogP contribution < -0.4 is 0 Å². The van der Waals surface area contributed by atoms with E-state index < -0.39 is 0 Å². The summed E-state index contributed by atoms with van der Waals surface area (Å²) < 4.78 is 10.6. The number of hydrogen-bond acceptors (Lipinski definition) is 9. The largest absolute Gasteiger partial charge is 0.439 e. The van der Waals surface area contributed by atoms with Gasteiger partial charge in [-0.3, -0.25) is 24.2 Å². The molecule has 0 aromatic rings. The quantitative estimate of drug-likeness (QED) is 0.252. The number of carbonyl (C=O) groups is 4. The number of amides is 4. The first-order chi connectivity index (χ1) is 28.8. The monoisotopic (exact) mass is 842 g/mol. The van der Waals surface area contributed by atoms with Crippen LogP contribution in [0.4, 0.5) is 4.79 Å². The van der Waals surface area contributed by atoms with Crippen molar-refractivity contribution in [2.75, 3.05) is 112 Å². The number of ether oxygens (including phenoxy) is 2. The van der Waals surface area contributed by atoms with Crippen molar-refractivity contribution in [2.45, 2.75) is 124 Å². The van der Waals surface area contributed by atoms with Crippen molar-refractivity contribution in [1.82, 2.24) is 34.3 Å². The highest BCUT2D eigenvalue weighted by Gasteiger charge is 2.53. The lowest BCUT2D eigenvalue weighted by molar-refractivity contribution is -0.150. The van der Waals surface area contributed by atoms with Crippen molar-refractivity contribution in [2.24, 2.45) is 40.9 Å². The first kappa shape index (κ1) is 47.0. The normalized spacial score (nSPS) is 25.8. The minimum Gasteiger partial charge on any atom is -0.439 e. The molecule has 7 rings (SSSR count). The van der Waals surface area contributed by atoms with E-state index >= 15 is 0 Å². The Morgan fingerprint density at radius 1 is 0.567 bits per heavy atom. The number of methoxy groups -OCH3 is 1. The summed E-state index contributed by atoms with van der Waals surface area (Å²) in [5.41, 5.74) is 0.530. The molecule has 0 bridgehead atoms. The van der Waals surface area contributed by atoms with E-state index in [1.807, 2.05) is 19.6 Å². The Bertz CT molecular complexity index is 1360. The van der Waals surface area contributed by atoms with E-state index in [1.54, 1.807) is 7.11 Å². The molecule has 7 fully saturated rings. The van der Waals surface area contributed by atoms with E-state index in [2.05, 4.69) is 56.2 Å². The van der Waals surface area contributed by atoms with Gasteiger partial charge in [-0.2, -0.15) is 0 Å². The Labute approximate surface area is 363 Å². The summed E-state index contributed by atoms with van der Waals surface area (Å²) in [6, 6.07) is 1.83. The highest BCUT2D eigenvalue weighted by Crippen LogP contribution is 2.43. The number of rotatable bonds is 12. The zero-order chi connectivity index (χ0) is 43.0. The minimum atomic E-state index is -0.328. The van der Waals surface area contributed by atoms with Crippen molar-refractivity contribution in [3.63, 3.8) is 0 Å². The van der Waals surface area contributed by atoms with E-state index in [9.17, 15) is 19.2 Å². The Morgan fingerprint density at radius 2 is 1.02 bits per heavy atom. The van der Waals surface area contributed by atoms with Crippen molar-refractivity contribution < 1.29 is 28.7 Å². The van der Waals surface area contributed by atoms with Crippen LogP contribution in [-0.2, 0) is 23.9 Å². The fourth-order valence-electron chi connectivity index (χ4n) is 11.9. The molecule has 7 saturated heterocycles. The molecule has 4 amide bonds. The van der Waals surface area contributed by atoms with Gasteiger partial charge in [-0.25, -0.2) is 4.79 Å². The second kappa shape index (κ2) is 21.7. The van der Waals surface area contributed by atoms with Crippen LogP contribution in [0.3, 0.4) is 0 Å². The third-order valence-electron chi connectivity index (χ3n) is 16.5. The van der Waals surface area contributed by atoms with Gasteiger partial charge in [0.25, 0.3) is 5.91 Å². The third kappa shape index (κ3) is 11.9. The maximum absolute atomic E-state index is 12.9. The van der Waals surface area contributed by atoms with E-state index in [0.29, 0.717) is 41.3 Å². The lowest BCUT2D eigenvalue weighted by Crippen LogP contribution is -2.74. The Morgan fingerprint density at radius 3 is 1.48 bits per heavy atom. The molecule has 0 aromatic heterocycles. The van der Waals surface area contributed by atoms with E-state index in [1.165, 1.54) is 51.9 Å². The van der Waals surface area contributed by atoms with Crippen LogP contribution in [-0.4, -0.2) is 189 Å². The summed E-state index contributed by atoms with van der Waals surface area (Å²) in [6.45, 7) is 27.8. The SMILES string of the molecule is CC(C)C1CCN(C=O)CC1.COCC(=O)N1CCC(N2CCC(C(C)C(C)C3CCN(C(=O)OCC(=O)N4CCC(N5CC6(CN(C(C)C)C6)C5)CC4)CC3)CC2)CC1. The van der Waals surface area contributed by atoms with Gasteiger partial charge in [0.2, 0.25) is 12.3 Å². The van der Waals surface area contributed by atoms with Crippen molar-refractivity contribution in [3.05, 3.63) is 0 Å². The molecule has 7 aliphatic heterocycles. The van der Waals surface area contributed by atoms with E-state index in [0.717, 1.165) is 128 Å². The van der Waals surface area contributed by atoms with Gasteiger partial charge in [-0.15, -0.1) is 0 Å². The summed E-state index contributed by atoms with van der Waals surface area (Å²) in [4.78, 5) is 63.8. The van der Waals surface area contributed by atoms with Gasteiger partial charge in [0, 0.05) is 109 Å². The lowest BCUT2D eigenvalue weighted by Gasteiger charge is -2.63. The van der Waals surface area contributed by atoms with Crippen LogP contribution in [0.2, 0.25) is 0 Å². The minimum absolute atomic E-state index is 0.0514. The van der Waals surface area contributed by atoms with Crippen LogP contribution in [0.1, 0.15) is 106 Å². The molecule has 0 N–H and O–H groups in total. The molecular formula is C47H83N7O6. The van der Waals surface area contributed by atoms with Crippen molar-refractivity contribution >= 4 is 24.3 Å².